The molecule has 110 valence electrons. The van der Waals surface area contributed by atoms with E-state index in [0.29, 0.717) is 11.1 Å². The van der Waals surface area contributed by atoms with Crippen molar-refractivity contribution >= 4 is 16.8 Å². The van der Waals surface area contributed by atoms with Crippen LogP contribution in [0.2, 0.25) is 0 Å². The summed E-state index contributed by atoms with van der Waals surface area (Å²) in [4.78, 5) is 13.1. The minimum atomic E-state index is 0.0106. The molecule has 1 aromatic heterocycles. The molecule has 4 rings (SSSR count). The molecule has 0 aliphatic heterocycles. The fourth-order valence-corrected chi connectivity index (χ4v) is 2.88. The zero-order valence-electron chi connectivity index (χ0n) is 12.4. The van der Waals surface area contributed by atoms with Crippen molar-refractivity contribution in [2.75, 3.05) is 0 Å². The smallest absolute Gasteiger partial charge is 0.194 e. The third-order valence-corrected chi connectivity index (χ3v) is 3.98. The number of hydrogen-bond donors (Lipinski definition) is 0. The number of benzene rings is 3. The number of ketones is 1. The van der Waals surface area contributed by atoms with Crippen LogP contribution in [0.25, 0.3) is 22.1 Å². The fraction of sp³-hybridized carbons (Fsp3) is 0. The quantitative estimate of drug-likeness (QED) is 0.478. The summed E-state index contributed by atoms with van der Waals surface area (Å²) in [5, 5.41) is 0.847. The summed E-state index contributed by atoms with van der Waals surface area (Å²) < 4.78 is 5.48. The number of hydrogen-bond acceptors (Lipinski definition) is 2. The number of furan rings is 1. The lowest BCUT2D eigenvalue weighted by Crippen LogP contribution is -2.04. The van der Waals surface area contributed by atoms with Gasteiger partial charge in [0.1, 0.15) is 5.58 Å². The highest BCUT2D eigenvalue weighted by Crippen LogP contribution is 2.32. The molecule has 0 aliphatic carbocycles. The van der Waals surface area contributed by atoms with E-state index in [-0.39, 0.29) is 5.78 Å². The average Bonchev–Trinajstić information content (AvgIpc) is 3.10. The van der Waals surface area contributed by atoms with Crippen LogP contribution in [0, 0.1) is 0 Å². The molecule has 23 heavy (non-hydrogen) atoms. The molecule has 1 heterocycles. The van der Waals surface area contributed by atoms with Crippen LogP contribution >= 0.6 is 0 Å². The molecule has 0 atom stereocenters. The van der Waals surface area contributed by atoms with Crippen molar-refractivity contribution in [3.05, 3.63) is 96.3 Å². The second kappa shape index (κ2) is 5.58. The zero-order chi connectivity index (χ0) is 15.6. The first-order valence-electron chi connectivity index (χ1n) is 7.50. The van der Waals surface area contributed by atoms with Crippen LogP contribution in [0.15, 0.2) is 89.5 Å². The van der Waals surface area contributed by atoms with Gasteiger partial charge in [-0.05, 0) is 29.3 Å². The van der Waals surface area contributed by atoms with E-state index in [0.717, 1.165) is 22.1 Å². The van der Waals surface area contributed by atoms with E-state index in [9.17, 15) is 4.79 Å². The molecule has 0 bridgehead atoms. The molecule has 0 aliphatic rings. The summed E-state index contributed by atoms with van der Waals surface area (Å²) in [5.41, 5.74) is 4.04. The van der Waals surface area contributed by atoms with Crippen molar-refractivity contribution in [1.29, 1.82) is 0 Å². The van der Waals surface area contributed by atoms with E-state index in [2.05, 4.69) is 0 Å². The molecule has 0 radical (unpaired) electrons. The molecule has 3 aromatic carbocycles. The van der Waals surface area contributed by atoms with E-state index in [4.69, 9.17) is 4.42 Å². The summed E-state index contributed by atoms with van der Waals surface area (Å²) in [6, 6.07) is 25.0. The van der Waals surface area contributed by atoms with Gasteiger partial charge in [0.25, 0.3) is 0 Å². The van der Waals surface area contributed by atoms with E-state index >= 15 is 0 Å². The summed E-state index contributed by atoms with van der Waals surface area (Å²) in [5.74, 6) is 0.0106. The van der Waals surface area contributed by atoms with Crippen LogP contribution in [-0.2, 0) is 0 Å². The Labute approximate surface area is 134 Å². The third kappa shape index (κ3) is 2.34. The van der Waals surface area contributed by atoms with Crippen molar-refractivity contribution < 1.29 is 9.21 Å². The van der Waals surface area contributed by atoms with Crippen LogP contribution in [0.4, 0.5) is 0 Å². The minimum absolute atomic E-state index is 0.0106. The van der Waals surface area contributed by atoms with E-state index < -0.39 is 0 Å². The van der Waals surface area contributed by atoms with Crippen molar-refractivity contribution in [3.8, 4) is 11.1 Å². The average molecular weight is 298 g/mol. The van der Waals surface area contributed by atoms with E-state index in [1.54, 1.807) is 6.26 Å². The van der Waals surface area contributed by atoms with Gasteiger partial charge >= 0.3 is 0 Å². The highest BCUT2D eigenvalue weighted by molar-refractivity contribution is 6.19. The van der Waals surface area contributed by atoms with E-state index in [1.807, 2.05) is 78.9 Å². The first kappa shape index (κ1) is 13.5. The van der Waals surface area contributed by atoms with Crippen LogP contribution in [0.5, 0.6) is 0 Å². The molecule has 0 amide bonds. The minimum Gasteiger partial charge on any atom is -0.464 e. The van der Waals surface area contributed by atoms with Gasteiger partial charge in [0.2, 0.25) is 0 Å². The summed E-state index contributed by atoms with van der Waals surface area (Å²) in [7, 11) is 0. The van der Waals surface area contributed by atoms with Crippen molar-refractivity contribution in [3.63, 3.8) is 0 Å². The highest BCUT2D eigenvalue weighted by Gasteiger charge is 2.19. The van der Waals surface area contributed by atoms with Gasteiger partial charge in [-0.1, -0.05) is 60.7 Å². The van der Waals surface area contributed by atoms with Gasteiger partial charge < -0.3 is 4.42 Å². The van der Waals surface area contributed by atoms with Crippen LogP contribution in [-0.4, -0.2) is 5.78 Å². The van der Waals surface area contributed by atoms with E-state index in [1.165, 1.54) is 0 Å². The predicted molar refractivity (Wildman–Crippen MR) is 91.5 cm³/mol. The van der Waals surface area contributed by atoms with Crippen molar-refractivity contribution in [2.45, 2.75) is 0 Å². The summed E-state index contributed by atoms with van der Waals surface area (Å²) in [6.07, 6.45) is 1.63. The van der Waals surface area contributed by atoms with Gasteiger partial charge in [-0.15, -0.1) is 0 Å². The molecule has 0 spiro atoms. The van der Waals surface area contributed by atoms with Gasteiger partial charge in [-0.2, -0.15) is 0 Å². The van der Waals surface area contributed by atoms with Crippen molar-refractivity contribution in [1.82, 2.24) is 0 Å². The molecular formula is C21H14O2. The van der Waals surface area contributed by atoms with Crippen LogP contribution in [0.1, 0.15) is 15.9 Å². The Morgan fingerprint density at radius 1 is 0.739 bits per heavy atom. The third-order valence-electron chi connectivity index (χ3n) is 3.98. The van der Waals surface area contributed by atoms with Gasteiger partial charge in [0.05, 0.1) is 6.26 Å². The fourth-order valence-electron chi connectivity index (χ4n) is 2.88. The van der Waals surface area contributed by atoms with Crippen LogP contribution < -0.4 is 0 Å². The van der Waals surface area contributed by atoms with Gasteiger partial charge in [0.15, 0.2) is 5.78 Å². The molecule has 0 N–H and O–H groups in total. The maximum absolute atomic E-state index is 13.1. The molecule has 0 unspecified atom stereocenters. The molecule has 2 nitrogen and oxygen atoms in total. The lowest BCUT2D eigenvalue weighted by Gasteiger charge is -2.10. The first-order valence-corrected chi connectivity index (χ1v) is 7.50. The molecule has 2 heteroatoms. The molecule has 0 saturated carbocycles. The Morgan fingerprint density at radius 2 is 1.43 bits per heavy atom. The Balaban J connectivity index is 2.00. The normalized spacial score (nSPS) is 10.8. The van der Waals surface area contributed by atoms with Crippen molar-refractivity contribution in [2.24, 2.45) is 0 Å². The van der Waals surface area contributed by atoms with Gasteiger partial charge in [-0.3, -0.25) is 4.79 Å². The summed E-state index contributed by atoms with van der Waals surface area (Å²) >= 11 is 0. The number of carbonyl (C=O) groups is 1. The lowest BCUT2D eigenvalue weighted by atomic mass is 9.91. The van der Waals surface area contributed by atoms with Gasteiger partial charge in [-0.25, -0.2) is 0 Å². The maximum Gasteiger partial charge on any atom is 0.194 e. The zero-order valence-corrected chi connectivity index (χ0v) is 12.4. The first-order chi connectivity index (χ1) is 11.3. The Hall–Kier alpha value is -3.13. The standard InChI is InChI=1S/C21H14O2/c22-21(16-9-5-2-6-10-16)20-17(15-7-3-1-4-8-15)11-12-19-18(20)13-14-23-19/h1-14H. The molecular weight excluding hydrogens is 284 g/mol. The Bertz CT molecular complexity index is 967. The monoisotopic (exact) mass is 298 g/mol. The SMILES string of the molecule is O=C(c1ccccc1)c1c(-c2ccccc2)ccc2occc12. The lowest BCUT2D eigenvalue weighted by molar-refractivity contribution is 0.104. The molecule has 0 saturated heterocycles. The van der Waals surface area contributed by atoms with Gasteiger partial charge in [0, 0.05) is 16.5 Å². The number of fused-ring (bicyclic) bond motifs is 1. The second-order valence-corrected chi connectivity index (χ2v) is 5.38. The largest absolute Gasteiger partial charge is 0.464 e. The number of rotatable bonds is 3. The second-order valence-electron chi connectivity index (χ2n) is 5.38. The topological polar surface area (TPSA) is 30.2 Å². The molecule has 4 aromatic rings. The maximum atomic E-state index is 13.1. The predicted octanol–water partition coefficient (Wildman–Crippen LogP) is 5.33. The Morgan fingerprint density at radius 3 is 2.17 bits per heavy atom. The molecule has 0 fully saturated rings. The Kier molecular flexibility index (Phi) is 3.28. The number of carbonyl (C=O) groups excluding carboxylic acids is 1. The summed E-state index contributed by atoms with van der Waals surface area (Å²) in [6.45, 7) is 0. The highest BCUT2D eigenvalue weighted by atomic mass is 16.3. The van der Waals surface area contributed by atoms with Crippen LogP contribution in [0.3, 0.4) is 0 Å².